The monoisotopic (exact) mass is 297 g/mol. The zero-order valence-corrected chi connectivity index (χ0v) is 12.2. The number of nitrogens with one attached hydrogen (secondary N) is 2. The van der Waals surface area contributed by atoms with Crippen molar-refractivity contribution in [3.63, 3.8) is 0 Å². The summed E-state index contributed by atoms with van der Waals surface area (Å²) in [7, 11) is 0. The van der Waals surface area contributed by atoms with Crippen molar-refractivity contribution in [1.29, 1.82) is 0 Å². The molecular weight excluding hydrogens is 278 g/mol. The lowest BCUT2D eigenvalue weighted by Gasteiger charge is -2.06. The maximum Gasteiger partial charge on any atom is 0.269 e. The number of non-ortho nitro benzene ring substituents is 1. The number of rotatable bonds is 8. The molecule has 0 bridgehead atoms. The third-order valence-electron chi connectivity index (χ3n) is 3.08. The van der Waals surface area contributed by atoms with Crippen LogP contribution >= 0.6 is 0 Å². The Labute approximate surface area is 129 Å². The van der Waals surface area contributed by atoms with Crippen molar-refractivity contribution in [2.45, 2.75) is 0 Å². The van der Waals surface area contributed by atoms with Gasteiger partial charge in [0, 0.05) is 37.5 Å². The first-order valence-corrected chi connectivity index (χ1v) is 7.16. The average molecular weight is 297 g/mol. The van der Waals surface area contributed by atoms with E-state index in [0.717, 1.165) is 25.3 Å². The molecule has 2 N–H and O–H groups in total. The van der Waals surface area contributed by atoms with E-state index >= 15 is 0 Å². The molecule has 0 unspecified atom stereocenters. The van der Waals surface area contributed by atoms with Gasteiger partial charge in [-0.15, -0.1) is 0 Å². The van der Waals surface area contributed by atoms with E-state index in [1.807, 2.05) is 18.2 Å². The molecule has 0 aliphatic rings. The number of benzene rings is 2. The van der Waals surface area contributed by atoms with Crippen LogP contribution in [-0.2, 0) is 0 Å². The Kier molecular flexibility index (Phi) is 6.14. The lowest BCUT2D eigenvalue weighted by molar-refractivity contribution is -0.384. The molecule has 0 aliphatic heterocycles. The SMILES string of the molecule is O=[N+]([O-])c1ccc(NCCNC/C=C/c2ccccc2)cc1. The van der Waals surface area contributed by atoms with Gasteiger partial charge in [-0.1, -0.05) is 42.5 Å². The van der Waals surface area contributed by atoms with Gasteiger partial charge in [0.2, 0.25) is 0 Å². The van der Waals surface area contributed by atoms with Gasteiger partial charge in [0.15, 0.2) is 0 Å². The summed E-state index contributed by atoms with van der Waals surface area (Å²) in [6.07, 6.45) is 4.16. The van der Waals surface area contributed by atoms with Gasteiger partial charge in [-0.3, -0.25) is 10.1 Å². The second-order valence-electron chi connectivity index (χ2n) is 4.75. The third kappa shape index (κ3) is 5.38. The van der Waals surface area contributed by atoms with Crippen LogP contribution in [0.4, 0.5) is 11.4 Å². The Morgan fingerprint density at radius 3 is 2.41 bits per heavy atom. The second kappa shape index (κ2) is 8.59. The van der Waals surface area contributed by atoms with Crippen LogP contribution in [0.25, 0.3) is 6.08 Å². The Balaban J connectivity index is 1.61. The molecule has 5 nitrogen and oxygen atoms in total. The van der Waals surface area contributed by atoms with Gasteiger partial charge >= 0.3 is 0 Å². The largest absolute Gasteiger partial charge is 0.384 e. The van der Waals surface area contributed by atoms with Crippen molar-refractivity contribution in [3.8, 4) is 0 Å². The van der Waals surface area contributed by atoms with Crippen molar-refractivity contribution in [2.75, 3.05) is 25.0 Å². The Morgan fingerprint density at radius 2 is 1.73 bits per heavy atom. The summed E-state index contributed by atoms with van der Waals surface area (Å²) in [5, 5.41) is 17.1. The molecule has 0 amide bonds. The van der Waals surface area contributed by atoms with Crippen LogP contribution in [-0.4, -0.2) is 24.6 Å². The molecule has 22 heavy (non-hydrogen) atoms. The Hall–Kier alpha value is -2.66. The first kappa shape index (κ1) is 15.7. The maximum atomic E-state index is 10.5. The Morgan fingerprint density at radius 1 is 1.00 bits per heavy atom. The molecule has 0 heterocycles. The summed E-state index contributed by atoms with van der Waals surface area (Å²) < 4.78 is 0. The van der Waals surface area contributed by atoms with E-state index in [1.54, 1.807) is 12.1 Å². The molecule has 0 radical (unpaired) electrons. The summed E-state index contributed by atoms with van der Waals surface area (Å²) in [5.74, 6) is 0. The number of nitrogens with zero attached hydrogens (tertiary/aromatic N) is 1. The van der Waals surface area contributed by atoms with Crippen LogP contribution in [0, 0.1) is 10.1 Å². The summed E-state index contributed by atoms with van der Waals surface area (Å²) in [6, 6.07) is 16.6. The minimum Gasteiger partial charge on any atom is -0.384 e. The van der Waals surface area contributed by atoms with Crippen molar-refractivity contribution in [1.82, 2.24) is 5.32 Å². The molecule has 2 aromatic carbocycles. The minimum absolute atomic E-state index is 0.106. The van der Waals surface area contributed by atoms with Crippen LogP contribution < -0.4 is 10.6 Å². The first-order valence-electron chi connectivity index (χ1n) is 7.16. The molecule has 0 aliphatic carbocycles. The first-order chi connectivity index (χ1) is 10.8. The summed E-state index contributed by atoms with van der Waals surface area (Å²) in [6.45, 7) is 2.38. The highest BCUT2D eigenvalue weighted by Crippen LogP contribution is 2.14. The highest BCUT2D eigenvalue weighted by molar-refractivity contribution is 5.49. The standard InChI is InChI=1S/C17H19N3O2/c21-20(22)17-10-8-16(9-11-17)19-14-13-18-12-4-7-15-5-2-1-3-6-15/h1-11,18-19H,12-14H2/b7-4+. The number of nitro groups is 1. The van der Waals surface area contributed by atoms with Crippen molar-refractivity contribution in [3.05, 3.63) is 76.4 Å². The lowest BCUT2D eigenvalue weighted by atomic mass is 10.2. The highest BCUT2D eigenvalue weighted by Gasteiger charge is 2.02. The predicted molar refractivity (Wildman–Crippen MR) is 89.9 cm³/mol. The fraction of sp³-hybridized carbons (Fsp3) is 0.176. The van der Waals surface area contributed by atoms with E-state index in [4.69, 9.17) is 0 Å². The molecule has 0 atom stereocenters. The van der Waals surface area contributed by atoms with Crippen LogP contribution in [0.15, 0.2) is 60.7 Å². The van der Waals surface area contributed by atoms with E-state index in [-0.39, 0.29) is 5.69 Å². The average Bonchev–Trinajstić information content (AvgIpc) is 2.55. The number of hydrogen-bond donors (Lipinski definition) is 2. The van der Waals surface area contributed by atoms with Gasteiger partial charge in [-0.05, 0) is 17.7 Å². The number of hydrogen-bond acceptors (Lipinski definition) is 4. The minimum atomic E-state index is -0.398. The van der Waals surface area contributed by atoms with Crippen LogP contribution in [0.1, 0.15) is 5.56 Å². The fourth-order valence-electron chi connectivity index (χ4n) is 1.94. The highest BCUT2D eigenvalue weighted by atomic mass is 16.6. The molecule has 0 aromatic heterocycles. The summed E-state index contributed by atoms with van der Waals surface area (Å²) in [4.78, 5) is 10.1. The molecule has 0 spiro atoms. The van der Waals surface area contributed by atoms with E-state index in [2.05, 4.69) is 34.9 Å². The van der Waals surface area contributed by atoms with Crippen molar-refractivity contribution < 1.29 is 4.92 Å². The van der Waals surface area contributed by atoms with Gasteiger partial charge in [0.25, 0.3) is 5.69 Å². The zero-order chi connectivity index (χ0) is 15.6. The molecule has 114 valence electrons. The van der Waals surface area contributed by atoms with Crippen molar-refractivity contribution >= 4 is 17.5 Å². The summed E-state index contributed by atoms with van der Waals surface area (Å²) >= 11 is 0. The summed E-state index contributed by atoms with van der Waals surface area (Å²) in [5.41, 5.74) is 2.18. The molecule has 5 heteroatoms. The molecular formula is C17H19N3O2. The smallest absolute Gasteiger partial charge is 0.269 e. The predicted octanol–water partition coefficient (Wildman–Crippen LogP) is 3.31. The second-order valence-corrected chi connectivity index (χ2v) is 4.75. The van der Waals surface area contributed by atoms with Gasteiger partial charge in [-0.25, -0.2) is 0 Å². The molecule has 0 fully saturated rings. The molecule has 2 aromatic rings. The zero-order valence-electron chi connectivity index (χ0n) is 12.2. The lowest BCUT2D eigenvalue weighted by Crippen LogP contribution is -2.22. The van der Waals surface area contributed by atoms with Gasteiger partial charge in [0.05, 0.1) is 4.92 Å². The van der Waals surface area contributed by atoms with E-state index in [1.165, 1.54) is 17.7 Å². The third-order valence-corrected chi connectivity index (χ3v) is 3.08. The van der Waals surface area contributed by atoms with Crippen LogP contribution in [0.5, 0.6) is 0 Å². The van der Waals surface area contributed by atoms with E-state index < -0.39 is 4.92 Å². The molecule has 0 saturated heterocycles. The van der Waals surface area contributed by atoms with Crippen molar-refractivity contribution in [2.24, 2.45) is 0 Å². The molecule has 2 rings (SSSR count). The number of anilines is 1. The van der Waals surface area contributed by atoms with E-state index in [0.29, 0.717) is 0 Å². The Bertz CT molecular complexity index is 610. The van der Waals surface area contributed by atoms with Gasteiger partial charge < -0.3 is 10.6 Å². The van der Waals surface area contributed by atoms with Crippen LogP contribution in [0.2, 0.25) is 0 Å². The fourth-order valence-corrected chi connectivity index (χ4v) is 1.94. The molecule has 0 saturated carbocycles. The quantitative estimate of drug-likeness (QED) is 0.445. The van der Waals surface area contributed by atoms with Gasteiger partial charge in [-0.2, -0.15) is 0 Å². The van der Waals surface area contributed by atoms with E-state index in [9.17, 15) is 10.1 Å². The van der Waals surface area contributed by atoms with Gasteiger partial charge in [0.1, 0.15) is 0 Å². The van der Waals surface area contributed by atoms with Crippen LogP contribution in [0.3, 0.4) is 0 Å². The number of nitro benzene ring substituents is 1. The normalized spacial score (nSPS) is 10.7. The topological polar surface area (TPSA) is 67.2 Å². The maximum absolute atomic E-state index is 10.5.